The van der Waals surface area contributed by atoms with Crippen molar-refractivity contribution in [3.05, 3.63) is 41.1 Å². The molecule has 82 valence electrons. The van der Waals surface area contributed by atoms with Crippen molar-refractivity contribution in [1.82, 2.24) is 0 Å². The number of halogens is 1. The van der Waals surface area contributed by atoms with Crippen LogP contribution in [0.4, 0.5) is 0 Å². The van der Waals surface area contributed by atoms with Crippen molar-refractivity contribution < 1.29 is 4.74 Å². The van der Waals surface area contributed by atoms with Crippen LogP contribution in [-0.4, -0.2) is 14.7 Å². The maximum atomic E-state index is 5.77. The van der Waals surface area contributed by atoms with Crippen LogP contribution in [0.25, 0.3) is 0 Å². The normalized spacial score (nSPS) is 12.0. The van der Waals surface area contributed by atoms with Gasteiger partial charge < -0.3 is 4.74 Å². The smallest absolute Gasteiger partial charge is 0.119 e. The third kappa shape index (κ3) is 5.65. The largest absolute Gasteiger partial charge is 0.490 e. The molecule has 0 aliphatic heterocycles. The summed E-state index contributed by atoms with van der Waals surface area (Å²) in [6, 6.07) is 7.42. The van der Waals surface area contributed by atoms with Crippen LogP contribution in [0.1, 0.15) is 0 Å². The van der Waals surface area contributed by atoms with Gasteiger partial charge in [-0.1, -0.05) is 43.0 Å². The summed E-state index contributed by atoms with van der Waals surface area (Å²) in [6.07, 6.45) is 2.10. The van der Waals surface area contributed by atoms with Gasteiger partial charge in [-0.15, -0.1) is 0 Å². The van der Waals surface area contributed by atoms with E-state index in [4.69, 9.17) is 16.3 Å². The second-order valence-corrected chi connectivity index (χ2v) is 10.0. The van der Waals surface area contributed by atoms with E-state index in [0.717, 1.165) is 10.8 Å². The van der Waals surface area contributed by atoms with Gasteiger partial charge in [-0.25, -0.2) is 0 Å². The Morgan fingerprint density at radius 2 is 1.80 bits per heavy atom. The molecule has 0 bridgehead atoms. The first kappa shape index (κ1) is 12.3. The molecule has 0 aliphatic rings. The molecule has 3 heteroatoms. The van der Waals surface area contributed by atoms with Crippen LogP contribution >= 0.6 is 11.6 Å². The highest BCUT2D eigenvalue weighted by atomic mass is 35.5. The lowest BCUT2D eigenvalue weighted by Crippen LogP contribution is -2.15. The molecule has 0 saturated carbocycles. The fourth-order valence-electron chi connectivity index (χ4n) is 1.08. The molecule has 1 rings (SSSR count). The number of hydrogen-bond acceptors (Lipinski definition) is 1. The predicted molar refractivity (Wildman–Crippen MR) is 69.4 cm³/mol. The first-order valence-electron chi connectivity index (χ1n) is 5.03. The second-order valence-electron chi connectivity index (χ2n) is 4.53. The summed E-state index contributed by atoms with van der Waals surface area (Å²) < 4.78 is 5.53. The minimum Gasteiger partial charge on any atom is -0.490 e. The molecule has 0 radical (unpaired) electrons. The van der Waals surface area contributed by atoms with Crippen LogP contribution in [-0.2, 0) is 0 Å². The van der Waals surface area contributed by atoms with Crippen molar-refractivity contribution in [3.63, 3.8) is 0 Å². The zero-order valence-corrected chi connectivity index (χ0v) is 11.2. The summed E-state index contributed by atoms with van der Waals surface area (Å²) in [4.78, 5) is 0. The van der Waals surface area contributed by atoms with Crippen molar-refractivity contribution in [2.24, 2.45) is 0 Å². The molecule has 0 amide bonds. The fourth-order valence-corrected chi connectivity index (χ4v) is 2.01. The fraction of sp³-hybridized carbons (Fsp3) is 0.333. The van der Waals surface area contributed by atoms with E-state index >= 15 is 0 Å². The summed E-state index contributed by atoms with van der Waals surface area (Å²) in [5.74, 6) is 0.861. The topological polar surface area (TPSA) is 9.23 Å². The SMILES string of the molecule is C[Si](C)(C)/C=C/COc1ccc(Cl)cc1. The van der Waals surface area contributed by atoms with Gasteiger partial charge in [0.2, 0.25) is 0 Å². The van der Waals surface area contributed by atoms with Crippen molar-refractivity contribution in [3.8, 4) is 5.75 Å². The number of ether oxygens (including phenoxy) is 1. The van der Waals surface area contributed by atoms with Crippen molar-refractivity contribution >= 4 is 19.7 Å². The van der Waals surface area contributed by atoms with Gasteiger partial charge in [0.25, 0.3) is 0 Å². The Morgan fingerprint density at radius 3 is 2.33 bits per heavy atom. The van der Waals surface area contributed by atoms with E-state index in [1.807, 2.05) is 24.3 Å². The van der Waals surface area contributed by atoms with Crippen molar-refractivity contribution in [2.75, 3.05) is 6.61 Å². The molecule has 0 aromatic heterocycles. The molecule has 1 aromatic carbocycles. The summed E-state index contributed by atoms with van der Waals surface area (Å²) >= 11 is 5.77. The van der Waals surface area contributed by atoms with Crippen LogP contribution in [0.2, 0.25) is 24.7 Å². The monoisotopic (exact) mass is 240 g/mol. The van der Waals surface area contributed by atoms with Gasteiger partial charge in [0.1, 0.15) is 12.4 Å². The predicted octanol–water partition coefficient (Wildman–Crippen LogP) is 4.15. The van der Waals surface area contributed by atoms with E-state index in [-0.39, 0.29) is 0 Å². The van der Waals surface area contributed by atoms with Crippen LogP contribution in [0, 0.1) is 0 Å². The van der Waals surface area contributed by atoms with E-state index in [2.05, 4.69) is 31.4 Å². The maximum Gasteiger partial charge on any atom is 0.119 e. The molecule has 1 aromatic rings. The molecular formula is C12H17ClOSi. The van der Waals surface area contributed by atoms with Crippen LogP contribution in [0.5, 0.6) is 5.75 Å². The molecular weight excluding hydrogens is 224 g/mol. The van der Waals surface area contributed by atoms with Gasteiger partial charge >= 0.3 is 0 Å². The standard InChI is InChI=1S/C12H17ClOSi/c1-15(2,3)10-4-9-14-12-7-5-11(13)6-8-12/h4-8,10H,9H2,1-3H3/b10-4+. The van der Waals surface area contributed by atoms with Gasteiger partial charge in [0.15, 0.2) is 0 Å². The maximum absolute atomic E-state index is 5.77. The second kappa shape index (κ2) is 5.38. The molecule has 0 unspecified atom stereocenters. The summed E-state index contributed by atoms with van der Waals surface area (Å²) in [5, 5.41) is 0.736. The van der Waals surface area contributed by atoms with E-state index in [1.54, 1.807) is 0 Å². The van der Waals surface area contributed by atoms with Crippen LogP contribution in [0.15, 0.2) is 36.0 Å². The molecule has 0 spiro atoms. The highest BCUT2D eigenvalue weighted by Crippen LogP contribution is 2.15. The van der Waals surface area contributed by atoms with E-state index in [1.165, 1.54) is 0 Å². The molecule has 0 aliphatic carbocycles. The Labute approximate surface area is 97.7 Å². The third-order valence-electron chi connectivity index (χ3n) is 1.78. The van der Waals surface area contributed by atoms with Gasteiger partial charge in [0.05, 0.1) is 8.07 Å². The van der Waals surface area contributed by atoms with Crippen molar-refractivity contribution in [1.29, 1.82) is 0 Å². The molecule has 0 fully saturated rings. The van der Waals surface area contributed by atoms with E-state index < -0.39 is 8.07 Å². The molecule has 1 nitrogen and oxygen atoms in total. The lowest BCUT2D eigenvalue weighted by atomic mass is 10.3. The third-order valence-corrected chi connectivity index (χ3v) is 3.27. The Kier molecular flexibility index (Phi) is 4.42. The van der Waals surface area contributed by atoms with Gasteiger partial charge in [-0.2, -0.15) is 0 Å². The highest BCUT2D eigenvalue weighted by Gasteiger charge is 2.05. The minimum atomic E-state index is -1.09. The molecule has 0 saturated heterocycles. The average Bonchev–Trinajstić information content (AvgIpc) is 2.14. The highest BCUT2D eigenvalue weighted by molar-refractivity contribution is 6.80. The average molecular weight is 241 g/mol. The Morgan fingerprint density at radius 1 is 1.20 bits per heavy atom. The Bertz CT molecular complexity index is 324. The van der Waals surface area contributed by atoms with Gasteiger partial charge in [0, 0.05) is 5.02 Å². The minimum absolute atomic E-state index is 0.631. The number of rotatable bonds is 4. The van der Waals surface area contributed by atoms with E-state index in [9.17, 15) is 0 Å². The summed E-state index contributed by atoms with van der Waals surface area (Å²) in [6.45, 7) is 7.52. The van der Waals surface area contributed by atoms with Gasteiger partial charge in [-0.05, 0) is 24.3 Å². The quantitative estimate of drug-likeness (QED) is 0.719. The first-order valence-corrected chi connectivity index (χ1v) is 8.99. The molecule has 15 heavy (non-hydrogen) atoms. The lowest BCUT2D eigenvalue weighted by Gasteiger charge is -2.08. The van der Waals surface area contributed by atoms with E-state index in [0.29, 0.717) is 6.61 Å². The van der Waals surface area contributed by atoms with Crippen LogP contribution < -0.4 is 4.74 Å². The number of benzene rings is 1. The molecule has 0 N–H and O–H groups in total. The lowest BCUT2D eigenvalue weighted by molar-refractivity contribution is 0.363. The van der Waals surface area contributed by atoms with Crippen molar-refractivity contribution in [2.45, 2.75) is 19.6 Å². The zero-order chi connectivity index (χ0) is 11.3. The molecule has 0 heterocycles. The first-order chi connectivity index (χ1) is 6.97. The number of hydrogen-bond donors (Lipinski definition) is 0. The molecule has 0 atom stereocenters. The Hall–Kier alpha value is -0.733. The zero-order valence-electron chi connectivity index (χ0n) is 9.46. The summed E-state index contributed by atoms with van der Waals surface area (Å²) in [7, 11) is -1.09. The summed E-state index contributed by atoms with van der Waals surface area (Å²) in [5.41, 5.74) is 2.28. The Balaban J connectivity index is 2.38. The van der Waals surface area contributed by atoms with Crippen LogP contribution in [0.3, 0.4) is 0 Å². The van der Waals surface area contributed by atoms with Gasteiger partial charge in [-0.3, -0.25) is 0 Å².